The van der Waals surface area contributed by atoms with Gasteiger partial charge in [0.1, 0.15) is 0 Å². The summed E-state index contributed by atoms with van der Waals surface area (Å²) in [5, 5.41) is 11.8. The summed E-state index contributed by atoms with van der Waals surface area (Å²) in [4.78, 5) is 13.7. The molecule has 1 amide bonds. The Hall–Kier alpha value is -2.06. The molecule has 1 aliphatic rings. The van der Waals surface area contributed by atoms with Crippen LogP contribution in [0.25, 0.3) is 0 Å². The van der Waals surface area contributed by atoms with Crippen LogP contribution < -0.4 is 16.0 Å². The fourth-order valence-electron chi connectivity index (χ4n) is 2.14. The lowest BCUT2D eigenvalue weighted by Gasteiger charge is -2.36. The average molecular weight is 258 g/mol. The Kier molecular flexibility index (Phi) is 3.45. The third-order valence-corrected chi connectivity index (χ3v) is 3.25. The molecule has 3 N–H and O–H groups in total. The molecular formula is C14H18N4O. The molecule has 5 heteroatoms. The molecule has 0 aromatic heterocycles. The van der Waals surface area contributed by atoms with Gasteiger partial charge in [-0.2, -0.15) is 5.26 Å². The zero-order valence-corrected chi connectivity index (χ0v) is 11.2. The van der Waals surface area contributed by atoms with Gasteiger partial charge >= 0.3 is 0 Å². The summed E-state index contributed by atoms with van der Waals surface area (Å²) in [7, 11) is 0. The highest BCUT2D eigenvalue weighted by Crippen LogP contribution is 2.32. The summed E-state index contributed by atoms with van der Waals surface area (Å²) in [6, 6.07) is 7.40. The number of anilines is 2. The number of nitriles is 1. The summed E-state index contributed by atoms with van der Waals surface area (Å²) in [6.07, 6.45) is 0. The zero-order valence-electron chi connectivity index (χ0n) is 11.2. The Balaban J connectivity index is 2.37. The standard InChI is InChI=1S/C14H18N4O/c1-14(2,8-16)9-18-7-13(19)17-11-4-3-10(6-15)5-12(11)18/h3-5H,7-9,16H2,1-2H3,(H,17,19). The summed E-state index contributed by atoms with van der Waals surface area (Å²) in [5.74, 6) is -0.0370. The maximum Gasteiger partial charge on any atom is 0.243 e. The van der Waals surface area contributed by atoms with Crippen LogP contribution in [0.1, 0.15) is 19.4 Å². The molecule has 0 saturated carbocycles. The minimum absolute atomic E-state index is 0.0370. The van der Waals surface area contributed by atoms with Crippen molar-refractivity contribution in [3.63, 3.8) is 0 Å². The Labute approximate surface area is 113 Å². The van der Waals surface area contributed by atoms with E-state index in [1.807, 2.05) is 4.90 Å². The van der Waals surface area contributed by atoms with E-state index in [1.54, 1.807) is 18.2 Å². The number of amides is 1. The van der Waals surface area contributed by atoms with E-state index in [4.69, 9.17) is 11.0 Å². The van der Waals surface area contributed by atoms with Crippen molar-refractivity contribution in [1.29, 1.82) is 5.26 Å². The maximum atomic E-state index is 11.7. The first kappa shape index (κ1) is 13.4. The zero-order chi connectivity index (χ0) is 14.0. The topological polar surface area (TPSA) is 82.2 Å². The van der Waals surface area contributed by atoms with Crippen LogP contribution in [0, 0.1) is 16.7 Å². The number of nitrogens with one attached hydrogen (secondary N) is 1. The van der Waals surface area contributed by atoms with Crippen LogP contribution in [0.5, 0.6) is 0 Å². The molecule has 0 bridgehead atoms. The first-order chi connectivity index (χ1) is 8.95. The number of benzene rings is 1. The Morgan fingerprint density at radius 1 is 1.53 bits per heavy atom. The number of fused-ring (bicyclic) bond motifs is 1. The van der Waals surface area contributed by atoms with Crippen molar-refractivity contribution in [3.05, 3.63) is 23.8 Å². The molecule has 5 nitrogen and oxygen atoms in total. The van der Waals surface area contributed by atoms with Crippen molar-refractivity contribution in [3.8, 4) is 6.07 Å². The minimum Gasteiger partial charge on any atom is -0.360 e. The number of hydrogen-bond donors (Lipinski definition) is 2. The van der Waals surface area contributed by atoms with Gasteiger partial charge in [0, 0.05) is 6.54 Å². The molecule has 2 rings (SSSR count). The second-order valence-corrected chi connectivity index (χ2v) is 5.62. The number of rotatable bonds is 3. The highest BCUT2D eigenvalue weighted by molar-refractivity contribution is 6.01. The van der Waals surface area contributed by atoms with Gasteiger partial charge in [-0.25, -0.2) is 0 Å². The van der Waals surface area contributed by atoms with Gasteiger partial charge in [-0.1, -0.05) is 13.8 Å². The van der Waals surface area contributed by atoms with Gasteiger partial charge in [-0.05, 0) is 30.2 Å². The fourth-order valence-corrected chi connectivity index (χ4v) is 2.14. The second kappa shape index (κ2) is 4.90. The minimum atomic E-state index is -0.0858. The van der Waals surface area contributed by atoms with E-state index in [-0.39, 0.29) is 11.3 Å². The molecule has 1 aliphatic heterocycles. The molecule has 0 unspecified atom stereocenters. The van der Waals surface area contributed by atoms with Gasteiger partial charge in [0.25, 0.3) is 0 Å². The first-order valence-corrected chi connectivity index (χ1v) is 6.24. The molecule has 0 saturated heterocycles. The van der Waals surface area contributed by atoms with Crippen LogP contribution in [-0.2, 0) is 4.79 Å². The summed E-state index contributed by atoms with van der Waals surface area (Å²) in [5.41, 5.74) is 7.90. The van der Waals surface area contributed by atoms with Gasteiger partial charge in [0.05, 0.1) is 29.6 Å². The van der Waals surface area contributed by atoms with Gasteiger partial charge < -0.3 is 16.0 Å². The molecule has 1 heterocycles. The first-order valence-electron chi connectivity index (χ1n) is 6.24. The highest BCUT2D eigenvalue weighted by Gasteiger charge is 2.27. The SMILES string of the molecule is CC(C)(CN)CN1CC(=O)Nc2ccc(C#N)cc21. The van der Waals surface area contributed by atoms with Crippen LogP contribution in [0.3, 0.4) is 0 Å². The van der Waals surface area contributed by atoms with Crippen LogP contribution in [-0.4, -0.2) is 25.5 Å². The molecular weight excluding hydrogens is 240 g/mol. The van der Waals surface area contributed by atoms with E-state index in [9.17, 15) is 4.79 Å². The monoisotopic (exact) mass is 258 g/mol. The van der Waals surface area contributed by atoms with E-state index in [0.29, 0.717) is 25.2 Å². The van der Waals surface area contributed by atoms with Gasteiger partial charge in [0.15, 0.2) is 0 Å². The van der Waals surface area contributed by atoms with Crippen LogP contribution in [0.4, 0.5) is 11.4 Å². The Morgan fingerprint density at radius 3 is 2.89 bits per heavy atom. The van der Waals surface area contributed by atoms with E-state index in [2.05, 4.69) is 25.2 Å². The summed E-state index contributed by atoms with van der Waals surface area (Å²) in [6.45, 7) is 5.64. The van der Waals surface area contributed by atoms with Crippen molar-refractivity contribution >= 4 is 17.3 Å². The number of nitrogens with zero attached hydrogens (tertiary/aromatic N) is 2. The predicted molar refractivity (Wildman–Crippen MR) is 74.8 cm³/mol. The molecule has 0 radical (unpaired) electrons. The lowest BCUT2D eigenvalue weighted by molar-refractivity contribution is -0.115. The molecule has 0 fully saturated rings. The van der Waals surface area contributed by atoms with Crippen LogP contribution >= 0.6 is 0 Å². The molecule has 0 spiro atoms. The number of carbonyl (C=O) groups excluding carboxylic acids is 1. The lowest BCUT2D eigenvalue weighted by atomic mass is 9.92. The van der Waals surface area contributed by atoms with E-state index in [0.717, 1.165) is 11.4 Å². The van der Waals surface area contributed by atoms with Gasteiger partial charge in [-0.3, -0.25) is 4.79 Å². The van der Waals surface area contributed by atoms with Gasteiger partial charge in [-0.15, -0.1) is 0 Å². The quantitative estimate of drug-likeness (QED) is 0.856. The molecule has 100 valence electrons. The van der Waals surface area contributed by atoms with E-state index < -0.39 is 0 Å². The Morgan fingerprint density at radius 2 is 2.26 bits per heavy atom. The number of nitrogens with two attached hydrogens (primary N) is 1. The van der Waals surface area contributed by atoms with E-state index >= 15 is 0 Å². The normalized spacial score (nSPS) is 14.6. The fraction of sp³-hybridized carbons (Fsp3) is 0.429. The number of hydrogen-bond acceptors (Lipinski definition) is 4. The second-order valence-electron chi connectivity index (χ2n) is 5.62. The van der Waals surface area contributed by atoms with Crippen LogP contribution in [0.15, 0.2) is 18.2 Å². The van der Waals surface area contributed by atoms with Crippen molar-refractivity contribution in [2.24, 2.45) is 11.1 Å². The van der Waals surface area contributed by atoms with Gasteiger partial charge in [0.2, 0.25) is 5.91 Å². The largest absolute Gasteiger partial charge is 0.360 e. The average Bonchev–Trinajstić information content (AvgIpc) is 2.38. The number of carbonyl (C=O) groups is 1. The maximum absolute atomic E-state index is 11.7. The van der Waals surface area contributed by atoms with Crippen molar-refractivity contribution < 1.29 is 4.79 Å². The van der Waals surface area contributed by atoms with Crippen molar-refractivity contribution in [2.75, 3.05) is 29.9 Å². The third kappa shape index (κ3) is 2.85. The smallest absolute Gasteiger partial charge is 0.243 e. The third-order valence-electron chi connectivity index (χ3n) is 3.25. The molecule has 1 aromatic carbocycles. The summed E-state index contributed by atoms with van der Waals surface area (Å²) < 4.78 is 0. The molecule has 1 aromatic rings. The predicted octanol–water partition coefficient (Wildman–Crippen LogP) is 1.30. The van der Waals surface area contributed by atoms with Crippen molar-refractivity contribution in [1.82, 2.24) is 0 Å². The van der Waals surface area contributed by atoms with Crippen molar-refractivity contribution in [2.45, 2.75) is 13.8 Å². The highest BCUT2D eigenvalue weighted by atomic mass is 16.2. The summed E-state index contributed by atoms with van der Waals surface area (Å²) >= 11 is 0. The molecule has 0 aliphatic carbocycles. The molecule has 0 atom stereocenters. The van der Waals surface area contributed by atoms with E-state index in [1.165, 1.54) is 0 Å². The van der Waals surface area contributed by atoms with Crippen LogP contribution in [0.2, 0.25) is 0 Å². The lowest BCUT2D eigenvalue weighted by Crippen LogP contribution is -2.45. The Bertz CT molecular complexity index is 545. The molecule has 19 heavy (non-hydrogen) atoms.